The molecule has 4 aromatic rings. The van der Waals surface area contributed by atoms with Gasteiger partial charge in [0.15, 0.2) is 16.6 Å². The minimum atomic E-state index is -0.207. The fraction of sp³-hybridized carbons (Fsp3) is 0.118. The first kappa shape index (κ1) is 15.7. The first-order valence-electron chi connectivity index (χ1n) is 7.77. The number of benzene rings is 1. The molecule has 5 rings (SSSR count). The molecule has 6 nitrogen and oxygen atoms in total. The smallest absolute Gasteiger partial charge is 0.269 e. The highest BCUT2D eigenvalue weighted by Gasteiger charge is 2.17. The summed E-state index contributed by atoms with van der Waals surface area (Å²) < 4.78 is 12.1. The van der Waals surface area contributed by atoms with Crippen LogP contribution in [0.25, 0.3) is 20.1 Å². The monoisotopic (exact) mass is 401 g/mol. The number of thiophene rings is 1. The summed E-state index contributed by atoms with van der Waals surface area (Å²) in [6.07, 6.45) is 1.60. The summed E-state index contributed by atoms with van der Waals surface area (Å²) >= 11 is 4.38. The van der Waals surface area contributed by atoms with Gasteiger partial charge in [-0.2, -0.15) is 0 Å². The Bertz CT molecular complexity index is 1060. The van der Waals surface area contributed by atoms with E-state index < -0.39 is 0 Å². The zero-order chi connectivity index (χ0) is 17.5. The molecule has 0 unspecified atom stereocenters. The Balaban J connectivity index is 1.39. The third kappa shape index (κ3) is 2.83. The number of fused-ring (bicyclic) bond motifs is 2. The Morgan fingerprint density at radius 1 is 1.15 bits per heavy atom. The van der Waals surface area contributed by atoms with Gasteiger partial charge in [0.25, 0.3) is 5.91 Å². The number of aromatic nitrogens is 2. The predicted octanol–water partition coefficient (Wildman–Crippen LogP) is 4.50. The molecule has 1 N–H and O–H groups in total. The zero-order valence-corrected chi connectivity index (χ0v) is 15.7. The van der Waals surface area contributed by atoms with Gasteiger partial charge in [-0.05, 0) is 11.4 Å². The average Bonchev–Trinajstić information content (AvgIpc) is 3.38. The van der Waals surface area contributed by atoms with E-state index in [-0.39, 0.29) is 5.91 Å². The molecule has 0 saturated heterocycles. The van der Waals surface area contributed by atoms with E-state index in [1.54, 1.807) is 17.5 Å². The van der Waals surface area contributed by atoms with Crippen molar-refractivity contribution in [2.75, 3.05) is 18.5 Å². The van der Waals surface area contributed by atoms with Crippen LogP contribution < -0.4 is 14.8 Å². The van der Waals surface area contributed by atoms with Crippen LogP contribution in [0.5, 0.6) is 11.5 Å². The summed E-state index contributed by atoms with van der Waals surface area (Å²) in [5.41, 5.74) is 0.776. The Labute approximate surface area is 160 Å². The number of hydrogen-bond acceptors (Lipinski definition) is 8. The third-order valence-electron chi connectivity index (χ3n) is 3.73. The van der Waals surface area contributed by atoms with E-state index >= 15 is 0 Å². The molecule has 9 heteroatoms. The minimum absolute atomic E-state index is 0.207. The van der Waals surface area contributed by atoms with Crippen LogP contribution in [0, 0.1) is 0 Å². The zero-order valence-electron chi connectivity index (χ0n) is 13.2. The van der Waals surface area contributed by atoms with Crippen LogP contribution in [0.4, 0.5) is 5.13 Å². The lowest BCUT2D eigenvalue weighted by atomic mass is 10.3. The maximum Gasteiger partial charge on any atom is 0.269 e. The molecule has 0 aliphatic carbocycles. The van der Waals surface area contributed by atoms with Crippen molar-refractivity contribution >= 4 is 55.3 Å². The number of carbonyl (C=O) groups is 1. The first-order chi connectivity index (χ1) is 12.8. The highest BCUT2D eigenvalue weighted by atomic mass is 32.1. The summed E-state index contributed by atoms with van der Waals surface area (Å²) in [7, 11) is 0. The van der Waals surface area contributed by atoms with Crippen molar-refractivity contribution in [2.45, 2.75) is 0 Å². The number of hydrogen-bond donors (Lipinski definition) is 1. The second-order valence-electron chi connectivity index (χ2n) is 5.44. The highest BCUT2D eigenvalue weighted by molar-refractivity contribution is 7.23. The van der Waals surface area contributed by atoms with Crippen LogP contribution in [0.15, 0.2) is 35.8 Å². The molecular formula is C17H11N3O3S3. The van der Waals surface area contributed by atoms with E-state index in [1.165, 1.54) is 22.7 Å². The lowest BCUT2D eigenvalue weighted by Crippen LogP contribution is -2.15. The Kier molecular flexibility index (Phi) is 3.84. The number of nitrogens with zero attached hydrogens (tertiary/aromatic N) is 2. The number of thiazole rings is 2. The van der Waals surface area contributed by atoms with E-state index in [0.717, 1.165) is 20.1 Å². The topological polar surface area (TPSA) is 73.3 Å². The largest absolute Gasteiger partial charge is 0.486 e. The van der Waals surface area contributed by atoms with Gasteiger partial charge in [-0.15, -0.1) is 22.7 Å². The van der Waals surface area contributed by atoms with Gasteiger partial charge in [0.2, 0.25) is 0 Å². The van der Waals surface area contributed by atoms with Crippen molar-refractivity contribution in [2.24, 2.45) is 0 Å². The number of nitrogens with one attached hydrogen (secondary N) is 1. The van der Waals surface area contributed by atoms with Crippen LogP contribution in [-0.2, 0) is 0 Å². The van der Waals surface area contributed by atoms with Crippen molar-refractivity contribution in [3.8, 4) is 21.4 Å². The standard InChI is InChI=1S/C17H11N3O3S3/c21-15(14-8-18-16(25-14)12-2-1-5-24-12)20-17-19-9-6-10-11(7-13(9)26-17)23-4-3-22-10/h1-2,5-8H,3-4H2,(H,19,20,21). The lowest BCUT2D eigenvalue weighted by molar-refractivity contribution is 0.103. The van der Waals surface area contributed by atoms with Crippen LogP contribution in [0.1, 0.15) is 9.67 Å². The summed E-state index contributed by atoms with van der Waals surface area (Å²) in [6.45, 7) is 1.07. The van der Waals surface area contributed by atoms with E-state index in [0.29, 0.717) is 34.7 Å². The molecule has 1 aromatic carbocycles. The van der Waals surface area contributed by atoms with Crippen molar-refractivity contribution in [3.05, 3.63) is 40.7 Å². The maximum atomic E-state index is 12.5. The summed E-state index contributed by atoms with van der Waals surface area (Å²) in [5.74, 6) is 1.20. The Morgan fingerprint density at radius 2 is 2.00 bits per heavy atom. The molecule has 0 saturated carbocycles. The third-order valence-corrected chi connectivity index (χ3v) is 6.70. The molecule has 26 heavy (non-hydrogen) atoms. The number of carbonyl (C=O) groups excluding carboxylic acids is 1. The molecule has 1 aliphatic heterocycles. The minimum Gasteiger partial charge on any atom is -0.486 e. The normalized spacial score (nSPS) is 13.1. The van der Waals surface area contributed by atoms with Gasteiger partial charge in [0.05, 0.1) is 21.3 Å². The van der Waals surface area contributed by atoms with Crippen LogP contribution in [0.3, 0.4) is 0 Å². The summed E-state index contributed by atoms with van der Waals surface area (Å²) in [5, 5.41) is 6.23. The van der Waals surface area contributed by atoms with Crippen LogP contribution in [-0.4, -0.2) is 29.1 Å². The molecule has 0 bridgehead atoms. The molecule has 130 valence electrons. The second kappa shape index (κ2) is 6.35. The highest BCUT2D eigenvalue weighted by Crippen LogP contribution is 2.38. The molecule has 0 fully saturated rings. The maximum absolute atomic E-state index is 12.5. The Morgan fingerprint density at radius 3 is 2.81 bits per heavy atom. The molecule has 1 amide bonds. The molecular weight excluding hydrogens is 390 g/mol. The van der Waals surface area contributed by atoms with Gasteiger partial charge >= 0.3 is 0 Å². The first-order valence-corrected chi connectivity index (χ1v) is 10.3. The molecule has 0 atom stereocenters. The van der Waals surface area contributed by atoms with Gasteiger partial charge in [-0.25, -0.2) is 9.97 Å². The van der Waals surface area contributed by atoms with E-state index in [4.69, 9.17) is 9.47 Å². The van der Waals surface area contributed by atoms with Gasteiger partial charge in [0.1, 0.15) is 23.1 Å². The fourth-order valence-corrected chi connectivity index (χ4v) is 5.06. The summed E-state index contributed by atoms with van der Waals surface area (Å²) in [6, 6.07) is 7.70. The van der Waals surface area contributed by atoms with Gasteiger partial charge in [-0.1, -0.05) is 17.4 Å². The van der Waals surface area contributed by atoms with Crippen LogP contribution >= 0.6 is 34.0 Å². The lowest BCUT2D eigenvalue weighted by Gasteiger charge is -2.17. The molecule has 0 radical (unpaired) electrons. The molecule has 1 aliphatic rings. The van der Waals surface area contributed by atoms with Gasteiger partial charge < -0.3 is 9.47 Å². The van der Waals surface area contributed by atoms with Crippen LogP contribution in [0.2, 0.25) is 0 Å². The quantitative estimate of drug-likeness (QED) is 0.547. The second-order valence-corrected chi connectivity index (χ2v) is 8.45. The number of anilines is 1. The molecule has 3 aromatic heterocycles. The van der Waals surface area contributed by atoms with Crippen molar-refractivity contribution in [1.29, 1.82) is 0 Å². The van der Waals surface area contributed by atoms with Crippen molar-refractivity contribution in [1.82, 2.24) is 9.97 Å². The van der Waals surface area contributed by atoms with Gasteiger partial charge in [0, 0.05) is 12.1 Å². The van der Waals surface area contributed by atoms with Crippen molar-refractivity contribution in [3.63, 3.8) is 0 Å². The van der Waals surface area contributed by atoms with Crippen molar-refractivity contribution < 1.29 is 14.3 Å². The van der Waals surface area contributed by atoms with Gasteiger partial charge in [-0.3, -0.25) is 10.1 Å². The Hall–Kier alpha value is -2.49. The van der Waals surface area contributed by atoms with E-state index in [9.17, 15) is 4.79 Å². The van der Waals surface area contributed by atoms with E-state index in [2.05, 4.69) is 15.3 Å². The molecule has 0 spiro atoms. The predicted molar refractivity (Wildman–Crippen MR) is 104 cm³/mol. The average molecular weight is 401 g/mol. The fourth-order valence-electron chi connectivity index (χ4n) is 2.57. The number of rotatable bonds is 3. The van der Waals surface area contributed by atoms with E-state index in [1.807, 2.05) is 29.6 Å². The summed E-state index contributed by atoms with van der Waals surface area (Å²) in [4.78, 5) is 22.9. The molecule has 4 heterocycles. The number of amides is 1. The SMILES string of the molecule is O=C(Nc1nc2cc3c(cc2s1)OCCO3)c1cnc(-c2cccs2)s1. The number of ether oxygens (including phenoxy) is 2.